The van der Waals surface area contributed by atoms with Crippen LogP contribution in [-0.2, 0) is 6.54 Å². The van der Waals surface area contributed by atoms with Crippen molar-refractivity contribution in [1.82, 2.24) is 14.7 Å². The van der Waals surface area contributed by atoms with Crippen LogP contribution in [0.5, 0.6) is 0 Å². The second-order valence-corrected chi connectivity index (χ2v) is 6.06. The summed E-state index contributed by atoms with van der Waals surface area (Å²) in [7, 11) is 1.69. The number of nitrogens with zero attached hydrogens (tertiary/aromatic N) is 3. The molecule has 2 N–H and O–H groups in total. The van der Waals surface area contributed by atoms with Crippen molar-refractivity contribution in [1.29, 1.82) is 0 Å². The summed E-state index contributed by atoms with van der Waals surface area (Å²) in [6.07, 6.45) is 5.19. The van der Waals surface area contributed by atoms with Gasteiger partial charge in [0, 0.05) is 26.3 Å². The number of aliphatic hydroxyl groups is 1. The Hall–Kier alpha value is -1.56. The first-order chi connectivity index (χ1) is 9.45. The third-order valence-electron chi connectivity index (χ3n) is 3.41. The lowest BCUT2D eigenvalue weighted by molar-refractivity contribution is 0.117. The topological polar surface area (TPSA) is 70.4 Å². The maximum absolute atomic E-state index is 12.0. The number of aliphatic hydroxyl groups excluding tert-OH is 1. The molecule has 2 amide bonds. The van der Waals surface area contributed by atoms with Gasteiger partial charge in [-0.3, -0.25) is 4.68 Å². The summed E-state index contributed by atoms with van der Waals surface area (Å²) in [5.41, 5.74) is 0.684. The molecule has 1 heterocycles. The number of anilines is 1. The van der Waals surface area contributed by atoms with Crippen molar-refractivity contribution >= 4 is 11.7 Å². The highest BCUT2D eigenvalue weighted by Crippen LogP contribution is 2.32. The van der Waals surface area contributed by atoms with Gasteiger partial charge in [0.25, 0.3) is 0 Å². The Labute approximate surface area is 119 Å². The summed E-state index contributed by atoms with van der Waals surface area (Å²) in [6, 6.07) is -0.214. The number of nitrogens with one attached hydrogen (secondary N) is 1. The minimum atomic E-state index is -0.408. The van der Waals surface area contributed by atoms with Gasteiger partial charge < -0.3 is 15.3 Å². The minimum Gasteiger partial charge on any atom is -0.391 e. The predicted octanol–water partition coefficient (Wildman–Crippen LogP) is 1.77. The zero-order valence-corrected chi connectivity index (χ0v) is 12.4. The van der Waals surface area contributed by atoms with Gasteiger partial charge in [-0.15, -0.1) is 0 Å². The maximum atomic E-state index is 12.0. The molecule has 2 rings (SSSR count). The van der Waals surface area contributed by atoms with E-state index >= 15 is 0 Å². The fraction of sp³-hybridized carbons (Fsp3) is 0.714. The van der Waals surface area contributed by atoms with Crippen LogP contribution in [-0.4, -0.2) is 45.5 Å². The molecule has 6 nitrogen and oxygen atoms in total. The Bertz CT molecular complexity index is 454. The first-order valence-electron chi connectivity index (χ1n) is 7.18. The van der Waals surface area contributed by atoms with E-state index in [1.165, 1.54) is 4.90 Å². The van der Waals surface area contributed by atoms with Crippen LogP contribution in [0.3, 0.4) is 0 Å². The summed E-state index contributed by atoms with van der Waals surface area (Å²) < 4.78 is 1.82. The van der Waals surface area contributed by atoms with Crippen molar-refractivity contribution in [3.05, 3.63) is 12.4 Å². The number of carbonyl (C=O) groups is 1. The van der Waals surface area contributed by atoms with Gasteiger partial charge in [-0.1, -0.05) is 13.8 Å². The molecule has 1 aliphatic carbocycles. The van der Waals surface area contributed by atoms with Gasteiger partial charge >= 0.3 is 6.03 Å². The smallest absolute Gasteiger partial charge is 0.321 e. The molecule has 1 atom stereocenters. The van der Waals surface area contributed by atoms with E-state index in [0.717, 1.165) is 19.4 Å². The third-order valence-corrected chi connectivity index (χ3v) is 3.41. The number of aromatic nitrogens is 2. The molecule has 0 bridgehead atoms. The minimum absolute atomic E-state index is 0.214. The fourth-order valence-electron chi connectivity index (χ4n) is 2.11. The molecular formula is C14H24N4O2. The summed E-state index contributed by atoms with van der Waals surface area (Å²) >= 11 is 0. The molecule has 1 unspecified atom stereocenters. The van der Waals surface area contributed by atoms with Crippen LogP contribution >= 0.6 is 0 Å². The van der Waals surface area contributed by atoms with E-state index in [9.17, 15) is 9.90 Å². The van der Waals surface area contributed by atoms with E-state index < -0.39 is 6.10 Å². The van der Waals surface area contributed by atoms with E-state index in [4.69, 9.17) is 0 Å². The van der Waals surface area contributed by atoms with E-state index in [2.05, 4.69) is 24.3 Å². The van der Waals surface area contributed by atoms with Gasteiger partial charge in [0.05, 0.1) is 18.0 Å². The summed E-state index contributed by atoms with van der Waals surface area (Å²) in [5, 5.41) is 16.8. The standard InChI is InChI=1S/C14H24N4O2/c1-10(2)7-18-8-12(6-15-18)16-14(20)17(3)9-13(19)11-4-5-11/h6,8,10-11,13,19H,4-5,7,9H2,1-3H3,(H,16,20). The molecule has 0 aliphatic heterocycles. The Kier molecular flexibility index (Phi) is 4.65. The van der Waals surface area contributed by atoms with E-state index in [-0.39, 0.29) is 6.03 Å². The molecule has 1 aliphatic rings. The quantitative estimate of drug-likeness (QED) is 0.834. The second-order valence-electron chi connectivity index (χ2n) is 6.06. The number of urea groups is 1. The molecule has 1 saturated carbocycles. The molecule has 112 valence electrons. The summed E-state index contributed by atoms with van der Waals surface area (Å²) in [6.45, 7) is 5.43. The van der Waals surface area contributed by atoms with Gasteiger partial charge in [0.1, 0.15) is 0 Å². The number of hydrogen-bond acceptors (Lipinski definition) is 3. The molecule has 1 fully saturated rings. The predicted molar refractivity (Wildman–Crippen MR) is 77.4 cm³/mol. The molecule has 20 heavy (non-hydrogen) atoms. The monoisotopic (exact) mass is 280 g/mol. The third kappa shape index (κ3) is 4.23. The van der Waals surface area contributed by atoms with Crippen molar-refractivity contribution in [2.75, 3.05) is 18.9 Å². The van der Waals surface area contributed by atoms with Crippen molar-refractivity contribution in [3.63, 3.8) is 0 Å². The highest BCUT2D eigenvalue weighted by molar-refractivity contribution is 5.88. The van der Waals surface area contributed by atoms with E-state index in [1.54, 1.807) is 13.2 Å². The molecule has 0 saturated heterocycles. The lowest BCUT2D eigenvalue weighted by Crippen LogP contribution is -2.37. The van der Waals surface area contributed by atoms with Gasteiger partial charge in [-0.2, -0.15) is 5.10 Å². The number of hydrogen-bond donors (Lipinski definition) is 2. The van der Waals surface area contributed by atoms with Crippen LogP contribution in [0, 0.1) is 11.8 Å². The molecule has 1 aromatic rings. The first kappa shape index (κ1) is 14.8. The molecule has 0 radical (unpaired) electrons. The van der Waals surface area contributed by atoms with E-state index in [1.807, 2.05) is 10.9 Å². The highest BCUT2D eigenvalue weighted by atomic mass is 16.3. The van der Waals surface area contributed by atoms with Gasteiger partial charge in [-0.25, -0.2) is 4.79 Å². The number of likely N-dealkylation sites (N-methyl/N-ethyl adjacent to an activating group) is 1. The Morgan fingerprint density at radius 1 is 1.60 bits per heavy atom. The first-order valence-corrected chi connectivity index (χ1v) is 7.18. The number of amides is 2. The van der Waals surface area contributed by atoms with Gasteiger partial charge in [0.15, 0.2) is 0 Å². The van der Waals surface area contributed by atoms with Crippen LogP contribution in [0.4, 0.5) is 10.5 Å². The zero-order valence-electron chi connectivity index (χ0n) is 12.4. The molecule has 0 aromatic carbocycles. The van der Waals surface area contributed by atoms with Crippen LogP contribution in [0.1, 0.15) is 26.7 Å². The van der Waals surface area contributed by atoms with Crippen molar-refractivity contribution in [3.8, 4) is 0 Å². The largest absolute Gasteiger partial charge is 0.391 e. The van der Waals surface area contributed by atoms with Crippen molar-refractivity contribution in [2.24, 2.45) is 11.8 Å². The zero-order chi connectivity index (χ0) is 14.7. The highest BCUT2D eigenvalue weighted by Gasteiger charge is 2.31. The SMILES string of the molecule is CC(C)Cn1cc(NC(=O)N(C)CC(O)C2CC2)cn1. The Balaban J connectivity index is 1.81. The average Bonchev–Trinajstić information content (AvgIpc) is 3.12. The summed E-state index contributed by atoms with van der Waals surface area (Å²) in [4.78, 5) is 13.5. The number of rotatable bonds is 6. The number of carbonyl (C=O) groups excluding carboxylic acids is 1. The van der Waals surface area contributed by atoms with E-state index in [0.29, 0.717) is 24.1 Å². The van der Waals surface area contributed by atoms with Gasteiger partial charge in [0.2, 0.25) is 0 Å². The normalized spacial score (nSPS) is 16.2. The lowest BCUT2D eigenvalue weighted by atomic mass is 10.2. The molecular weight excluding hydrogens is 256 g/mol. The Morgan fingerprint density at radius 2 is 2.30 bits per heavy atom. The second kappa shape index (κ2) is 6.26. The van der Waals surface area contributed by atoms with Crippen molar-refractivity contribution in [2.45, 2.75) is 39.3 Å². The summed E-state index contributed by atoms with van der Waals surface area (Å²) in [5.74, 6) is 0.883. The van der Waals surface area contributed by atoms with Crippen LogP contribution in [0.15, 0.2) is 12.4 Å². The van der Waals surface area contributed by atoms with Crippen LogP contribution in [0.25, 0.3) is 0 Å². The van der Waals surface area contributed by atoms with Crippen molar-refractivity contribution < 1.29 is 9.90 Å². The lowest BCUT2D eigenvalue weighted by Gasteiger charge is -2.20. The van der Waals surface area contributed by atoms with Crippen LogP contribution in [0.2, 0.25) is 0 Å². The molecule has 6 heteroatoms. The fourth-order valence-corrected chi connectivity index (χ4v) is 2.11. The Morgan fingerprint density at radius 3 is 2.90 bits per heavy atom. The molecule has 1 aromatic heterocycles. The average molecular weight is 280 g/mol. The maximum Gasteiger partial charge on any atom is 0.321 e. The van der Waals surface area contributed by atoms with Crippen LogP contribution < -0.4 is 5.32 Å². The van der Waals surface area contributed by atoms with Gasteiger partial charge in [-0.05, 0) is 24.7 Å². The molecule has 0 spiro atoms.